The van der Waals surface area contributed by atoms with Gasteiger partial charge in [-0.15, -0.1) is 0 Å². The highest BCUT2D eigenvalue weighted by atomic mass is 19.4. The van der Waals surface area contributed by atoms with E-state index in [2.05, 4.69) is 4.98 Å². The molecule has 0 aliphatic rings. The van der Waals surface area contributed by atoms with Gasteiger partial charge in [0, 0.05) is 6.20 Å². The Balaban J connectivity index is 2.74. The van der Waals surface area contributed by atoms with E-state index in [0.29, 0.717) is 10.6 Å². The zero-order chi connectivity index (χ0) is 15.8. The number of aromatic amines is 1. The lowest BCUT2D eigenvalue weighted by Crippen LogP contribution is -2.38. The number of amides is 1. The van der Waals surface area contributed by atoms with Gasteiger partial charge in [-0.1, -0.05) is 6.07 Å². The van der Waals surface area contributed by atoms with Crippen LogP contribution in [0.4, 0.5) is 13.2 Å². The molecule has 1 amide bonds. The first-order chi connectivity index (χ1) is 9.71. The fourth-order valence-corrected chi connectivity index (χ4v) is 1.71. The number of carbonyl (C=O) groups excluding carboxylic acids is 1. The predicted octanol–water partition coefficient (Wildman–Crippen LogP) is 0.643. The van der Waals surface area contributed by atoms with Crippen molar-refractivity contribution in [3.63, 3.8) is 0 Å². The van der Waals surface area contributed by atoms with Crippen LogP contribution in [-0.4, -0.2) is 15.5 Å². The molecule has 110 valence electrons. The fourth-order valence-electron chi connectivity index (χ4n) is 1.71. The van der Waals surface area contributed by atoms with Gasteiger partial charge in [0.1, 0.15) is 5.56 Å². The minimum Gasteiger partial charge on any atom is -0.365 e. The van der Waals surface area contributed by atoms with Crippen molar-refractivity contribution in [3.8, 4) is 5.69 Å². The Morgan fingerprint density at radius 3 is 2.48 bits per heavy atom. The fraction of sp³-hybridized carbons (Fsp3) is 0.0833. The predicted molar refractivity (Wildman–Crippen MR) is 66.2 cm³/mol. The van der Waals surface area contributed by atoms with Crippen LogP contribution >= 0.6 is 0 Å². The van der Waals surface area contributed by atoms with E-state index in [4.69, 9.17) is 5.73 Å². The number of aromatic nitrogens is 2. The molecule has 21 heavy (non-hydrogen) atoms. The van der Waals surface area contributed by atoms with Crippen molar-refractivity contribution in [2.45, 2.75) is 6.18 Å². The molecule has 2 aromatic rings. The second-order valence-corrected chi connectivity index (χ2v) is 4.06. The summed E-state index contributed by atoms with van der Waals surface area (Å²) in [7, 11) is 0. The number of rotatable bonds is 2. The first-order valence-electron chi connectivity index (χ1n) is 5.54. The number of H-pyrrole nitrogens is 1. The summed E-state index contributed by atoms with van der Waals surface area (Å²) < 4.78 is 38.3. The topological polar surface area (TPSA) is 97.9 Å². The summed E-state index contributed by atoms with van der Waals surface area (Å²) in [5, 5.41) is 0. The second-order valence-electron chi connectivity index (χ2n) is 4.06. The van der Waals surface area contributed by atoms with Crippen LogP contribution in [0.15, 0.2) is 40.1 Å². The molecule has 0 unspecified atom stereocenters. The minimum absolute atomic E-state index is 0.320. The van der Waals surface area contributed by atoms with Gasteiger partial charge < -0.3 is 10.7 Å². The Hall–Kier alpha value is -2.84. The quantitative estimate of drug-likeness (QED) is 0.851. The Morgan fingerprint density at radius 2 is 1.90 bits per heavy atom. The third-order valence-corrected chi connectivity index (χ3v) is 2.67. The van der Waals surface area contributed by atoms with Crippen molar-refractivity contribution >= 4 is 5.91 Å². The van der Waals surface area contributed by atoms with E-state index < -0.39 is 34.5 Å². The average Bonchev–Trinajstić information content (AvgIpc) is 2.37. The van der Waals surface area contributed by atoms with E-state index in [0.717, 1.165) is 24.4 Å². The summed E-state index contributed by atoms with van der Waals surface area (Å²) in [5.41, 5.74) is 0.995. The molecule has 6 nitrogen and oxygen atoms in total. The molecule has 0 fully saturated rings. The summed E-state index contributed by atoms with van der Waals surface area (Å²) in [6.45, 7) is 0. The van der Waals surface area contributed by atoms with E-state index in [-0.39, 0.29) is 5.69 Å². The number of benzene rings is 1. The molecule has 2 rings (SSSR count). The SMILES string of the molecule is NC(=O)c1c[nH]c(=O)n(-c2cccc(C(F)(F)F)c2)c1=O. The van der Waals surface area contributed by atoms with Crippen molar-refractivity contribution in [2.24, 2.45) is 5.73 Å². The van der Waals surface area contributed by atoms with Crippen LogP contribution in [0.1, 0.15) is 15.9 Å². The van der Waals surface area contributed by atoms with Crippen LogP contribution in [-0.2, 0) is 6.18 Å². The zero-order valence-electron chi connectivity index (χ0n) is 10.3. The van der Waals surface area contributed by atoms with E-state index in [1.165, 1.54) is 0 Å². The molecule has 0 aliphatic carbocycles. The Bertz CT molecular complexity index is 821. The van der Waals surface area contributed by atoms with Gasteiger partial charge in [0.2, 0.25) is 0 Å². The van der Waals surface area contributed by atoms with Crippen LogP contribution in [0, 0.1) is 0 Å². The third-order valence-electron chi connectivity index (χ3n) is 2.67. The molecule has 0 bridgehead atoms. The molecule has 0 atom stereocenters. The molecule has 3 N–H and O–H groups in total. The van der Waals surface area contributed by atoms with Gasteiger partial charge in [-0.05, 0) is 18.2 Å². The molecule has 0 saturated carbocycles. The normalized spacial score (nSPS) is 11.4. The summed E-state index contributed by atoms with van der Waals surface area (Å²) >= 11 is 0. The van der Waals surface area contributed by atoms with E-state index in [9.17, 15) is 27.6 Å². The number of nitrogens with two attached hydrogens (primary N) is 1. The molecule has 1 aromatic carbocycles. The molecular formula is C12H8F3N3O3. The average molecular weight is 299 g/mol. The Morgan fingerprint density at radius 1 is 1.24 bits per heavy atom. The summed E-state index contributed by atoms with van der Waals surface area (Å²) in [4.78, 5) is 36.7. The molecule has 9 heteroatoms. The molecule has 0 saturated heterocycles. The maximum atomic E-state index is 12.6. The summed E-state index contributed by atoms with van der Waals surface area (Å²) in [6.07, 6.45) is -3.81. The van der Waals surface area contributed by atoms with Crippen molar-refractivity contribution in [1.82, 2.24) is 9.55 Å². The number of alkyl halides is 3. The molecular weight excluding hydrogens is 291 g/mol. The summed E-state index contributed by atoms with van der Waals surface area (Å²) in [6, 6.07) is 3.60. The van der Waals surface area contributed by atoms with Crippen molar-refractivity contribution in [2.75, 3.05) is 0 Å². The molecule has 0 spiro atoms. The maximum Gasteiger partial charge on any atom is 0.416 e. The second kappa shape index (κ2) is 4.93. The van der Waals surface area contributed by atoms with E-state index in [1.807, 2.05) is 0 Å². The van der Waals surface area contributed by atoms with Crippen molar-refractivity contribution in [1.29, 1.82) is 0 Å². The maximum absolute atomic E-state index is 12.6. The number of nitrogens with one attached hydrogen (secondary N) is 1. The Labute approximate surface area is 114 Å². The third kappa shape index (κ3) is 2.71. The molecule has 0 radical (unpaired) electrons. The highest BCUT2D eigenvalue weighted by Crippen LogP contribution is 2.29. The number of primary amides is 1. The van der Waals surface area contributed by atoms with Crippen molar-refractivity contribution < 1.29 is 18.0 Å². The lowest BCUT2D eigenvalue weighted by molar-refractivity contribution is -0.137. The van der Waals surface area contributed by atoms with Gasteiger partial charge in [-0.3, -0.25) is 9.59 Å². The van der Waals surface area contributed by atoms with Crippen LogP contribution < -0.4 is 17.0 Å². The molecule has 1 aromatic heterocycles. The van der Waals surface area contributed by atoms with Crippen LogP contribution in [0.3, 0.4) is 0 Å². The number of carbonyl (C=O) groups is 1. The highest BCUT2D eigenvalue weighted by Gasteiger charge is 2.30. The lowest BCUT2D eigenvalue weighted by Gasteiger charge is -2.10. The van der Waals surface area contributed by atoms with E-state index in [1.54, 1.807) is 0 Å². The first kappa shape index (κ1) is 14.6. The number of halogens is 3. The summed E-state index contributed by atoms with van der Waals surface area (Å²) in [5.74, 6) is -1.10. The van der Waals surface area contributed by atoms with Crippen LogP contribution in [0.5, 0.6) is 0 Å². The zero-order valence-corrected chi connectivity index (χ0v) is 10.3. The molecule has 1 heterocycles. The standard InChI is InChI=1S/C12H8F3N3O3/c13-12(14,15)6-2-1-3-7(4-6)18-10(20)8(9(16)19)5-17-11(18)21/h1-5H,(H2,16,19)(H,17,21). The highest BCUT2D eigenvalue weighted by molar-refractivity contribution is 5.92. The number of hydrogen-bond acceptors (Lipinski definition) is 3. The largest absolute Gasteiger partial charge is 0.416 e. The van der Waals surface area contributed by atoms with Gasteiger partial charge in [0.15, 0.2) is 0 Å². The van der Waals surface area contributed by atoms with E-state index >= 15 is 0 Å². The van der Waals surface area contributed by atoms with Gasteiger partial charge >= 0.3 is 11.9 Å². The van der Waals surface area contributed by atoms with Crippen molar-refractivity contribution in [3.05, 3.63) is 62.4 Å². The Kier molecular flexibility index (Phi) is 3.42. The van der Waals surface area contributed by atoms with Gasteiger partial charge in [0.25, 0.3) is 11.5 Å². The van der Waals surface area contributed by atoms with Gasteiger partial charge in [0.05, 0.1) is 11.3 Å². The van der Waals surface area contributed by atoms with Crippen LogP contribution in [0.25, 0.3) is 5.69 Å². The first-order valence-corrected chi connectivity index (χ1v) is 5.54. The smallest absolute Gasteiger partial charge is 0.365 e. The van der Waals surface area contributed by atoms with Gasteiger partial charge in [-0.25, -0.2) is 9.36 Å². The van der Waals surface area contributed by atoms with Crippen LogP contribution in [0.2, 0.25) is 0 Å². The molecule has 0 aliphatic heterocycles. The monoisotopic (exact) mass is 299 g/mol. The minimum atomic E-state index is -4.63. The van der Waals surface area contributed by atoms with Gasteiger partial charge in [-0.2, -0.15) is 13.2 Å². The number of hydrogen-bond donors (Lipinski definition) is 2. The number of nitrogens with zero attached hydrogens (tertiary/aromatic N) is 1. The lowest BCUT2D eigenvalue weighted by atomic mass is 10.2.